The number of aromatic nitrogens is 2. The van der Waals surface area contributed by atoms with Gasteiger partial charge >= 0.3 is 0 Å². The molecule has 1 amide bonds. The molecule has 1 fully saturated rings. The fourth-order valence-electron chi connectivity index (χ4n) is 2.76. The summed E-state index contributed by atoms with van der Waals surface area (Å²) in [5, 5.41) is 8.74. The normalized spacial score (nSPS) is 18.1. The van der Waals surface area contributed by atoms with Crippen LogP contribution in [0.1, 0.15) is 35.7 Å². The summed E-state index contributed by atoms with van der Waals surface area (Å²) in [6, 6.07) is 4.23. The Morgan fingerprint density at radius 1 is 1.40 bits per heavy atom. The number of fused-ring (bicyclic) bond motifs is 1. The van der Waals surface area contributed by atoms with Crippen LogP contribution < -0.4 is 0 Å². The summed E-state index contributed by atoms with van der Waals surface area (Å²) in [4.78, 5) is 14.3. The molecule has 2 aliphatic rings. The molecule has 0 saturated heterocycles. The first-order valence-corrected chi connectivity index (χ1v) is 8.09. The summed E-state index contributed by atoms with van der Waals surface area (Å²) < 4.78 is 2.09. The van der Waals surface area contributed by atoms with Crippen molar-refractivity contribution in [1.82, 2.24) is 14.7 Å². The number of amides is 1. The predicted octanol–water partition coefficient (Wildman–Crippen LogP) is 2.41. The van der Waals surface area contributed by atoms with E-state index >= 15 is 0 Å². The molecule has 4 nitrogen and oxygen atoms in total. The Labute approximate surface area is 122 Å². The van der Waals surface area contributed by atoms with Gasteiger partial charge in [0.15, 0.2) is 0 Å². The number of carbonyl (C=O) groups is 1. The molecule has 20 heavy (non-hydrogen) atoms. The van der Waals surface area contributed by atoms with Crippen molar-refractivity contribution in [1.29, 1.82) is 0 Å². The van der Waals surface area contributed by atoms with E-state index in [4.69, 9.17) is 0 Å². The van der Waals surface area contributed by atoms with Crippen LogP contribution in [-0.2, 0) is 24.3 Å². The molecule has 1 aliphatic carbocycles. The molecule has 0 bridgehead atoms. The highest BCUT2D eigenvalue weighted by Crippen LogP contribution is 2.39. The van der Waals surface area contributed by atoms with Gasteiger partial charge in [-0.25, -0.2) is 0 Å². The first-order valence-electron chi connectivity index (χ1n) is 7.15. The Kier molecular flexibility index (Phi) is 2.88. The largest absolute Gasteiger partial charge is 0.335 e. The Balaban J connectivity index is 1.47. The summed E-state index contributed by atoms with van der Waals surface area (Å²) in [5.74, 6) is 0.909. The minimum Gasteiger partial charge on any atom is -0.335 e. The summed E-state index contributed by atoms with van der Waals surface area (Å²) >= 11 is 1.65. The predicted molar refractivity (Wildman–Crippen MR) is 77.6 cm³/mol. The van der Waals surface area contributed by atoms with E-state index in [1.165, 1.54) is 24.2 Å². The zero-order valence-corrected chi connectivity index (χ0v) is 12.1. The minimum absolute atomic E-state index is 0.226. The van der Waals surface area contributed by atoms with E-state index in [1.807, 2.05) is 16.3 Å². The van der Waals surface area contributed by atoms with Crippen molar-refractivity contribution in [2.24, 2.45) is 0 Å². The number of carbonyl (C=O) groups excluding carboxylic acids is 1. The number of hydrogen-bond donors (Lipinski definition) is 0. The topological polar surface area (TPSA) is 38.1 Å². The monoisotopic (exact) mass is 287 g/mol. The lowest BCUT2D eigenvalue weighted by Gasteiger charge is -2.27. The standard InChI is InChI=1S/C15H17N3OS/c19-15(7-11-3-6-20-10-11)17-4-5-18-13(9-17)8-14(16-18)12-1-2-12/h3,6,8,10,12H,1-2,4-5,7,9H2. The van der Waals surface area contributed by atoms with E-state index in [9.17, 15) is 4.79 Å². The molecule has 4 rings (SSSR count). The Morgan fingerprint density at radius 2 is 2.30 bits per heavy atom. The Morgan fingerprint density at radius 3 is 3.05 bits per heavy atom. The van der Waals surface area contributed by atoms with Gasteiger partial charge in [0.1, 0.15) is 0 Å². The van der Waals surface area contributed by atoms with Gasteiger partial charge in [0.2, 0.25) is 5.91 Å². The maximum atomic E-state index is 12.3. The number of hydrogen-bond acceptors (Lipinski definition) is 3. The van der Waals surface area contributed by atoms with Crippen LogP contribution in [0.4, 0.5) is 0 Å². The van der Waals surface area contributed by atoms with Crippen LogP contribution in [0.25, 0.3) is 0 Å². The number of nitrogens with zero attached hydrogens (tertiary/aromatic N) is 3. The molecule has 1 aliphatic heterocycles. The number of thiophene rings is 1. The number of rotatable bonds is 3. The highest BCUT2D eigenvalue weighted by Gasteiger charge is 2.29. The van der Waals surface area contributed by atoms with Gasteiger partial charge in [-0.2, -0.15) is 16.4 Å². The first kappa shape index (κ1) is 12.1. The van der Waals surface area contributed by atoms with Crippen molar-refractivity contribution in [3.05, 3.63) is 39.8 Å². The maximum absolute atomic E-state index is 12.3. The van der Waals surface area contributed by atoms with E-state index < -0.39 is 0 Å². The van der Waals surface area contributed by atoms with Gasteiger partial charge in [0.05, 0.1) is 30.9 Å². The van der Waals surface area contributed by atoms with Crippen molar-refractivity contribution in [2.45, 2.75) is 38.3 Å². The van der Waals surface area contributed by atoms with Crippen LogP contribution in [0.3, 0.4) is 0 Å². The highest BCUT2D eigenvalue weighted by atomic mass is 32.1. The van der Waals surface area contributed by atoms with Crippen molar-refractivity contribution in [3.8, 4) is 0 Å². The van der Waals surface area contributed by atoms with Crippen LogP contribution in [-0.4, -0.2) is 27.1 Å². The molecule has 1 saturated carbocycles. The minimum atomic E-state index is 0.226. The lowest BCUT2D eigenvalue weighted by Crippen LogP contribution is -2.39. The molecule has 0 atom stereocenters. The molecule has 0 spiro atoms. The Bertz CT molecular complexity index is 628. The van der Waals surface area contributed by atoms with Gasteiger partial charge in [-0.3, -0.25) is 9.48 Å². The Hall–Kier alpha value is -1.62. The quantitative estimate of drug-likeness (QED) is 0.869. The van der Waals surface area contributed by atoms with Gasteiger partial charge in [-0.15, -0.1) is 0 Å². The van der Waals surface area contributed by atoms with Gasteiger partial charge < -0.3 is 4.90 Å². The van der Waals surface area contributed by atoms with Gasteiger partial charge in [0.25, 0.3) is 0 Å². The average Bonchev–Trinajstić information content (AvgIpc) is 3.01. The zero-order valence-electron chi connectivity index (χ0n) is 11.3. The SMILES string of the molecule is O=C(Cc1ccsc1)N1CCn2nc(C3CC3)cc2C1. The summed E-state index contributed by atoms with van der Waals surface area (Å²) in [6.45, 7) is 2.32. The van der Waals surface area contributed by atoms with Crippen molar-refractivity contribution < 1.29 is 4.79 Å². The van der Waals surface area contributed by atoms with Crippen LogP contribution in [0.2, 0.25) is 0 Å². The van der Waals surface area contributed by atoms with Gasteiger partial charge in [-0.1, -0.05) is 0 Å². The molecule has 2 aromatic rings. The van der Waals surface area contributed by atoms with Gasteiger partial charge in [-0.05, 0) is 41.3 Å². The van der Waals surface area contributed by atoms with Crippen LogP contribution in [0.5, 0.6) is 0 Å². The lowest BCUT2D eigenvalue weighted by atomic mass is 10.2. The van der Waals surface area contributed by atoms with E-state index in [0.29, 0.717) is 18.9 Å². The fourth-order valence-corrected chi connectivity index (χ4v) is 3.43. The van der Waals surface area contributed by atoms with E-state index in [0.717, 1.165) is 18.7 Å². The second-order valence-electron chi connectivity index (χ2n) is 5.68. The van der Waals surface area contributed by atoms with E-state index in [-0.39, 0.29) is 5.91 Å². The molecule has 2 aromatic heterocycles. The molecular formula is C15H17N3OS. The summed E-state index contributed by atoms with van der Waals surface area (Å²) in [6.07, 6.45) is 3.07. The van der Waals surface area contributed by atoms with E-state index in [2.05, 4.69) is 21.2 Å². The smallest absolute Gasteiger partial charge is 0.227 e. The fraction of sp³-hybridized carbons (Fsp3) is 0.467. The van der Waals surface area contributed by atoms with Crippen molar-refractivity contribution >= 4 is 17.2 Å². The molecule has 0 aromatic carbocycles. The zero-order chi connectivity index (χ0) is 13.5. The molecule has 0 unspecified atom stereocenters. The third kappa shape index (κ3) is 2.26. The van der Waals surface area contributed by atoms with E-state index in [1.54, 1.807) is 11.3 Å². The molecule has 104 valence electrons. The molecule has 0 N–H and O–H groups in total. The summed E-state index contributed by atoms with van der Waals surface area (Å²) in [5.41, 5.74) is 3.54. The van der Waals surface area contributed by atoms with Crippen molar-refractivity contribution in [3.63, 3.8) is 0 Å². The second kappa shape index (κ2) is 4.74. The van der Waals surface area contributed by atoms with Crippen molar-refractivity contribution in [2.75, 3.05) is 6.54 Å². The van der Waals surface area contributed by atoms with Gasteiger partial charge in [0, 0.05) is 12.5 Å². The summed E-state index contributed by atoms with van der Waals surface area (Å²) in [7, 11) is 0. The third-order valence-corrected chi connectivity index (χ3v) is 4.83. The molecule has 5 heteroatoms. The first-order chi connectivity index (χ1) is 9.79. The van der Waals surface area contributed by atoms with Crippen LogP contribution >= 0.6 is 11.3 Å². The second-order valence-corrected chi connectivity index (χ2v) is 6.46. The molecule has 3 heterocycles. The maximum Gasteiger partial charge on any atom is 0.227 e. The van der Waals surface area contributed by atoms with Crippen LogP contribution in [0, 0.1) is 0 Å². The lowest BCUT2D eigenvalue weighted by molar-refractivity contribution is -0.131. The average molecular weight is 287 g/mol. The third-order valence-electron chi connectivity index (χ3n) is 4.10. The molecular weight excluding hydrogens is 270 g/mol. The highest BCUT2D eigenvalue weighted by molar-refractivity contribution is 7.07. The molecule has 0 radical (unpaired) electrons. The van der Waals surface area contributed by atoms with Crippen LogP contribution in [0.15, 0.2) is 22.9 Å².